The van der Waals surface area contributed by atoms with Crippen LogP contribution < -0.4 is 14.8 Å². The fourth-order valence-electron chi connectivity index (χ4n) is 8.55. The first-order valence-electron chi connectivity index (χ1n) is 19.9. The zero-order valence-electron chi connectivity index (χ0n) is 33.5. The number of fused-ring (bicyclic) bond motifs is 3. The second-order valence-electron chi connectivity index (χ2n) is 16.3. The van der Waals surface area contributed by atoms with Crippen LogP contribution in [0.25, 0.3) is 0 Å². The van der Waals surface area contributed by atoms with E-state index >= 15 is 4.21 Å². The van der Waals surface area contributed by atoms with Crippen LogP contribution in [0.5, 0.6) is 5.88 Å². The van der Waals surface area contributed by atoms with Gasteiger partial charge in [-0.1, -0.05) is 97.1 Å². The van der Waals surface area contributed by atoms with Gasteiger partial charge in [0.1, 0.15) is 22.6 Å². The monoisotopic (exact) mass is 822 g/mol. The predicted octanol–water partition coefficient (Wildman–Crippen LogP) is 8.85. The van der Waals surface area contributed by atoms with Crippen molar-refractivity contribution in [2.24, 2.45) is 4.36 Å². The number of alkyl halides is 2. The van der Waals surface area contributed by atoms with Crippen LogP contribution in [-0.4, -0.2) is 62.7 Å². The van der Waals surface area contributed by atoms with Crippen molar-refractivity contribution in [3.63, 3.8) is 0 Å². The first-order chi connectivity index (χ1) is 28.3. The normalized spacial score (nSPS) is 18.2. The van der Waals surface area contributed by atoms with Crippen molar-refractivity contribution >= 4 is 27.7 Å². The third-order valence-electron chi connectivity index (χ3n) is 11.3. The average Bonchev–Trinajstić information content (AvgIpc) is 3.99. The molecule has 8 rings (SSSR count). The first-order valence-corrected chi connectivity index (χ1v) is 21.4. The van der Waals surface area contributed by atoms with E-state index in [4.69, 9.17) is 13.8 Å². The van der Waals surface area contributed by atoms with Gasteiger partial charge in [-0.25, -0.2) is 32.0 Å². The van der Waals surface area contributed by atoms with E-state index in [0.29, 0.717) is 40.8 Å². The summed E-state index contributed by atoms with van der Waals surface area (Å²) in [5, 5.41) is 7.51. The minimum Gasteiger partial charge on any atom is -0.475 e. The molecule has 0 radical (unpaired) electrons. The van der Waals surface area contributed by atoms with Crippen LogP contribution in [0.3, 0.4) is 0 Å². The maximum absolute atomic E-state index is 16.3. The summed E-state index contributed by atoms with van der Waals surface area (Å²) < 4.78 is 66.8. The van der Waals surface area contributed by atoms with E-state index in [0.717, 1.165) is 29.5 Å². The van der Waals surface area contributed by atoms with Crippen LogP contribution in [-0.2, 0) is 46.0 Å². The molecule has 2 N–H and O–H groups in total. The summed E-state index contributed by atoms with van der Waals surface area (Å²) in [4.78, 5) is 29.1. The highest BCUT2D eigenvalue weighted by molar-refractivity contribution is 7.92. The smallest absolute Gasteiger partial charge is 0.410 e. The highest BCUT2D eigenvalue weighted by atomic mass is 32.2. The number of rotatable bonds is 9. The number of nitrogens with one attached hydrogen (secondary N) is 2. The van der Waals surface area contributed by atoms with Crippen molar-refractivity contribution in [2.45, 2.75) is 93.8 Å². The standard InChI is InChI=1S/C45H48F2N6O5S/c1-44(2,3)58-43(55)52(4)34-27-53-41(57-28-34)37(26-48-53)59(56,50-42(54)49-39-35-22-14-15-29(35)25-30-23-24-36(38(30)39)40(46)47)51-45(31-16-8-5-9-17-31,32-18-10-6-11-19-32)33-20-12-7-13-21-33/h5-13,16-21,25-26,34,36,40H,14-15,22-24,27-28H2,1-4H3,(H2,49,50,51,54,56)/t34-,36-,59+/m0/s1. The number of benzene rings is 4. The third kappa shape index (κ3) is 7.66. The van der Waals surface area contributed by atoms with Crippen LogP contribution in [0.2, 0.25) is 0 Å². The molecule has 5 aromatic rings. The largest absolute Gasteiger partial charge is 0.475 e. The van der Waals surface area contributed by atoms with Gasteiger partial charge in [-0.2, -0.15) is 9.46 Å². The molecule has 59 heavy (non-hydrogen) atoms. The number of urea groups is 1. The Balaban J connectivity index is 1.29. The number of hydrogen-bond donors (Lipinski definition) is 2. The van der Waals surface area contributed by atoms with E-state index in [2.05, 4.69) is 15.1 Å². The molecule has 1 aromatic heterocycles. The van der Waals surface area contributed by atoms with E-state index in [-0.39, 0.29) is 30.3 Å². The van der Waals surface area contributed by atoms with E-state index in [1.807, 2.05) is 97.1 Å². The third-order valence-corrected chi connectivity index (χ3v) is 13.2. The number of anilines is 1. The Hall–Kier alpha value is -5.76. The van der Waals surface area contributed by atoms with Crippen molar-refractivity contribution in [3.8, 4) is 5.88 Å². The number of aromatic nitrogens is 2. The molecular formula is C45H48F2N6O5S. The van der Waals surface area contributed by atoms with Crippen molar-refractivity contribution in [2.75, 3.05) is 19.0 Å². The fourth-order valence-corrected chi connectivity index (χ4v) is 10.4. The molecule has 0 spiro atoms. The van der Waals surface area contributed by atoms with Gasteiger partial charge < -0.3 is 19.7 Å². The van der Waals surface area contributed by atoms with Crippen molar-refractivity contribution in [1.29, 1.82) is 0 Å². The zero-order chi connectivity index (χ0) is 41.5. The molecule has 3 atom stereocenters. The SMILES string of the molecule is CN(C(=O)OC(C)(C)C)[C@@H]1COc2c([S@](=O)(=NC(c3ccccc3)(c3ccccc3)c3ccccc3)NC(=O)Nc3c4c(cc5c3[C@@H](C(F)F)CC5)CCC4)cnn2C1. The highest BCUT2D eigenvalue weighted by Gasteiger charge is 2.42. The van der Waals surface area contributed by atoms with Crippen LogP contribution in [0.15, 0.2) is 113 Å². The molecule has 1 aliphatic heterocycles. The topological polar surface area (TPSA) is 127 Å². The molecule has 0 saturated carbocycles. The molecule has 2 heterocycles. The average molecular weight is 823 g/mol. The van der Waals surface area contributed by atoms with E-state index in [1.165, 1.54) is 15.8 Å². The number of hydrogen-bond acceptors (Lipinski definition) is 7. The number of likely N-dealkylation sites (N-methyl/N-ethyl adjacent to an activating group) is 1. The van der Waals surface area contributed by atoms with Crippen LogP contribution in [0.4, 0.5) is 24.1 Å². The van der Waals surface area contributed by atoms with Gasteiger partial charge in [0.05, 0.1) is 18.8 Å². The predicted molar refractivity (Wildman–Crippen MR) is 221 cm³/mol. The summed E-state index contributed by atoms with van der Waals surface area (Å²) >= 11 is 0. The van der Waals surface area contributed by atoms with E-state index < -0.39 is 51.6 Å². The van der Waals surface area contributed by atoms with Crippen LogP contribution in [0.1, 0.15) is 78.5 Å². The summed E-state index contributed by atoms with van der Waals surface area (Å²) in [7, 11) is -2.51. The molecule has 0 saturated heterocycles. The van der Waals surface area contributed by atoms with E-state index in [1.54, 1.807) is 27.8 Å². The number of carbonyl (C=O) groups is 2. The number of aryl methyl sites for hydroxylation is 2. The van der Waals surface area contributed by atoms with Crippen molar-refractivity contribution < 1.29 is 32.1 Å². The Kier molecular flexibility index (Phi) is 10.7. The number of ether oxygens (including phenoxy) is 2. The van der Waals surface area contributed by atoms with Crippen molar-refractivity contribution in [3.05, 3.63) is 142 Å². The highest BCUT2D eigenvalue weighted by Crippen LogP contribution is 2.47. The lowest BCUT2D eigenvalue weighted by Gasteiger charge is -2.34. The zero-order valence-corrected chi connectivity index (χ0v) is 34.3. The van der Waals surface area contributed by atoms with Crippen LogP contribution >= 0.6 is 0 Å². The number of halogens is 2. The molecular weight excluding hydrogens is 775 g/mol. The molecule has 3 amide bonds. The lowest BCUT2D eigenvalue weighted by Crippen LogP contribution is -2.48. The second-order valence-corrected chi connectivity index (χ2v) is 18.2. The number of amides is 3. The number of nitrogens with zero attached hydrogens (tertiary/aromatic N) is 4. The molecule has 0 bridgehead atoms. The van der Waals surface area contributed by atoms with Gasteiger partial charge in [0, 0.05) is 18.7 Å². The van der Waals surface area contributed by atoms with Gasteiger partial charge in [-0.15, -0.1) is 0 Å². The molecule has 0 fully saturated rings. The lowest BCUT2D eigenvalue weighted by atomic mass is 9.78. The summed E-state index contributed by atoms with van der Waals surface area (Å²) in [5.41, 5.74) is 3.30. The fraction of sp³-hybridized carbons (Fsp3) is 0.356. The molecule has 2 aliphatic carbocycles. The maximum Gasteiger partial charge on any atom is 0.410 e. The van der Waals surface area contributed by atoms with Crippen LogP contribution in [0, 0.1) is 0 Å². The summed E-state index contributed by atoms with van der Waals surface area (Å²) in [6.45, 7) is 5.54. The molecule has 0 unspecified atom stereocenters. The summed E-state index contributed by atoms with van der Waals surface area (Å²) in [6, 6.07) is 28.9. The minimum atomic E-state index is -4.12. The van der Waals surface area contributed by atoms with Gasteiger partial charge in [0.2, 0.25) is 12.3 Å². The van der Waals surface area contributed by atoms with Crippen molar-refractivity contribution in [1.82, 2.24) is 19.4 Å². The molecule has 11 nitrogen and oxygen atoms in total. The van der Waals surface area contributed by atoms with Gasteiger partial charge >= 0.3 is 12.1 Å². The molecule has 308 valence electrons. The Bertz CT molecular complexity index is 2390. The molecule has 4 aromatic carbocycles. The molecule has 3 aliphatic rings. The summed E-state index contributed by atoms with van der Waals surface area (Å²) in [5.74, 6) is -0.930. The minimum absolute atomic E-state index is 0.00664. The maximum atomic E-state index is 16.3. The number of carbonyl (C=O) groups excluding carboxylic acids is 2. The van der Waals surface area contributed by atoms with Gasteiger partial charge in [-0.05, 0) is 91.8 Å². The van der Waals surface area contributed by atoms with Gasteiger partial charge in [-0.3, -0.25) is 0 Å². The van der Waals surface area contributed by atoms with E-state index in [9.17, 15) is 18.4 Å². The lowest BCUT2D eigenvalue weighted by molar-refractivity contribution is 0.0101. The Morgan fingerprint density at radius 2 is 1.54 bits per heavy atom. The Morgan fingerprint density at radius 1 is 0.932 bits per heavy atom. The quantitative estimate of drug-likeness (QED) is 0.143. The Morgan fingerprint density at radius 3 is 2.12 bits per heavy atom. The Labute approximate surface area is 343 Å². The van der Waals surface area contributed by atoms with Gasteiger partial charge in [0.25, 0.3) is 0 Å². The first kappa shape index (κ1) is 40.0. The molecule has 14 heteroatoms. The summed E-state index contributed by atoms with van der Waals surface area (Å²) in [6.07, 6.45) is 1.21. The second kappa shape index (κ2) is 15.8. The van der Waals surface area contributed by atoms with Gasteiger partial charge in [0.15, 0.2) is 9.92 Å².